The van der Waals surface area contributed by atoms with Gasteiger partial charge in [-0.1, -0.05) is 24.6 Å². The second-order valence-electron chi connectivity index (χ2n) is 6.22. The number of aryl methyl sites for hydroxylation is 1. The Morgan fingerprint density at radius 2 is 1.58 bits per heavy atom. The standard InChI is InChI=1S/C21H27NO4/c1-5-20(26-19-12-10-17(24-4)11-13-19)21(23)22-16(3)14-25-18-8-6-15(2)7-9-18/h6-13,16,20H,5,14H2,1-4H3,(H,22,23)/t16-,20-/m0/s1. The van der Waals surface area contributed by atoms with E-state index < -0.39 is 6.10 Å². The van der Waals surface area contributed by atoms with Crippen LogP contribution in [0, 0.1) is 6.92 Å². The Labute approximate surface area is 155 Å². The fourth-order valence-electron chi connectivity index (χ4n) is 2.37. The summed E-state index contributed by atoms with van der Waals surface area (Å²) in [4.78, 5) is 12.5. The second kappa shape index (κ2) is 9.70. The van der Waals surface area contributed by atoms with E-state index in [0.29, 0.717) is 18.8 Å². The number of nitrogens with one attached hydrogen (secondary N) is 1. The molecule has 2 atom stereocenters. The fraction of sp³-hybridized carbons (Fsp3) is 0.381. The van der Waals surface area contributed by atoms with Gasteiger partial charge in [0.05, 0.1) is 13.2 Å². The molecule has 0 fully saturated rings. The maximum absolute atomic E-state index is 12.5. The molecule has 0 aliphatic heterocycles. The van der Waals surface area contributed by atoms with Crippen LogP contribution in [0.25, 0.3) is 0 Å². The van der Waals surface area contributed by atoms with Crippen molar-refractivity contribution in [2.75, 3.05) is 13.7 Å². The van der Waals surface area contributed by atoms with Crippen molar-refractivity contribution >= 4 is 5.91 Å². The van der Waals surface area contributed by atoms with E-state index in [1.165, 1.54) is 5.56 Å². The lowest BCUT2D eigenvalue weighted by atomic mass is 10.2. The number of benzene rings is 2. The Hall–Kier alpha value is -2.69. The normalized spacial score (nSPS) is 12.8. The van der Waals surface area contributed by atoms with Gasteiger partial charge < -0.3 is 19.5 Å². The smallest absolute Gasteiger partial charge is 0.261 e. The predicted octanol–water partition coefficient (Wildman–Crippen LogP) is 3.74. The molecule has 2 aromatic rings. The SMILES string of the molecule is CC[C@H](Oc1ccc(OC)cc1)C(=O)N[C@@H](C)COc1ccc(C)cc1. The van der Waals surface area contributed by atoms with Crippen molar-refractivity contribution in [1.82, 2.24) is 5.32 Å². The lowest BCUT2D eigenvalue weighted by Crippen LogP contribution is -2.44. The maximum atomic E-state index is 12.5. The Morgan fingerprint density at radius 3 is 2.15 bits per heavy atom. The van der Waals surface area contributed by atoms with Gasteiger partial charge in [-0.3, -0.25) is 4.79 Å². The Balaban J connectivity index is 1.83. The number of methoxy groups -OCH3 is 1. The summed E-state index contributed by atoms with van der Waals surface area (Å²) in [5, 5.41) is 2.94. The molecule has 1 N–H and O–H groups in total. The van der Waals surface area contributed by atoms with Crippen LogP contribution < -0.4 is 19.5 Å². The highest BCUT2D eigenvalue weighted by Crippen LogP contribution is 2.19. The molecule has 26 heavy (non-hydrogen) atoms. The Kier molecular flexibility index (Phi) is 7.33. The van der Waals surface area contributed by atoms with E-state index in [4.69, 9.17) is 14.2 Å². The van der Waals surface area contributed by atoms with E-state index in [-0.39, 0.29) is 11.9 Å². The highest BCUT2D eigenvalue weighted by atomic mass is 16.5. The minimum atomic E-state index is -0.551. The molecule has 0 radical (unpaired) electrons. The number of hydrogen-bond donors (Lipinski definition) is 1. The number of hydrogen-bond acceptors (Lipinski definition) is 4. The lowest BCUT2D eigenvalue weighted by Gasteiger charge is -2.21. The van der Waals surface area contributed by atoms with Gasteiger partial charge in [0.2, 0.25) is 0 Å². The third-order valence-electron chi connectivity index (χ3n) is 3.91. The summed E-state index contributed by atoms with van der Waals surface area (Å²) in [6, 6.07) is 14.9. The van der Waals surface area contributed by atoms with E-state index in [2.05, 4.69) is 5.32 Å². The van der Waals surface area contributed by atoms with Gasteiger partial charge >= 0.3 is 0 Å². The van der Waals surface area contributed by atoms with Crippen LogP contribution in [0.5, 0.6) is 17.2 Å². The molecule has 0 saturated carbocycles. The minimum absolute atomic E-state index is 0.127. The third-order valence-corrected chi connectivity index (χ3v) is 3.91. The molecule has 0 aromatic heterocycles. The van der Waals surface area contributed by atoms with Gasteiger partial charge in [0.1, 0.15) is 23.9 Å². The molecule has 2 rings (SSSR count). The van der Waals surface area contributed by atoms with Gasteiger partial charge in [0, 0.05) is 0 Å². The third kappa shape index (κ3) is 5.99. The Morgan fingerprint density at radius 1 is 1.00 bits per heavy atom. The van der Waals surface area contributed by atoms with Gasteiger partial charge in [-0.2, -0.15) is 0 Å². The summed E-state index contributed by atoms with van der Waals surface area (Å²) in [7, 11) is 1.61. The predicted molar refractivity (Wildman–Crippen MR) is 102 cm³/mol. The van der Waals surface area contributed by atoms with Gasteiger partial charge in [-0.05, 0) is 56.7 Å². The molecule has 0 unspecified atom stereocenters. The molecule has 0 saturated heterocycles. The summed E-state index contributed by atoms with van der Waals surface area (Å²) in [6.07, 6.45) is 0.0221. The van der Waals surface area contributed by atoms with Crippen molar-refractivity contribution in [3.8, 4) is 17.2 Å². The molecular weight excluding hydrogens is 330 g/mol. The van der Waals surface area contributed by atoms with Crippen LogP contribution in [-0.2, 0) is 4.79 Å². The zero-order valence-electron chi connectivity index (χ0n) is 15.8. The van der Waals surface area contributed by atoms with Crippen LogP contribution in [-0.4, -0.2) is 31.8 Å². The maximum Gasteiger partial charge on any atom is 0.261 e. The van der Waals surface area contributed by atoms with E-state index in [0.717, 1.165) is 11.5 Å². The number of rotatable bonds is 9. The first-order valence-electron chi connectivity index (χ1n) is 8.82. The van der Waals surface area contributed by atoms with Gasteiger partial charge in [-0.25, -0.2) is 0 Å². The molecule has 0 spiro atoms. The molecule has 0 heterocycles. The highest BCUT2D eigenvalue weighted by Gasteiger charge is 2.20. The number of carbonyl (C=O) groups excluding carboxylic acids is 1. The zero-order chi connectivity index (χ0) is 18.9. The first-order valence-corrected chi connectivity index (χ1v) is 8.82. The average Bonchev–Trinajstić information content (AvgIpc) is 2.66. The molecule has 5 heteroatoms. The quantitative estimate of drug-likeness (QED) is 0.743. The lowest BCUT2D eigenvalue weighted by molar-refractivity contribution is -0.128. The topological polar surface area (TPSA) is 56.8 Å². The van der Waals surface area contributed by atoms with Crippen molar-refractivity contribution in [1.29, 1.82) is 0 Å². The molecule has 0 aliphatic rings. The molecule has 1 amide bonds. The van der Waals surface area contributed by atoms with Gasteiger partial charge in [0.25, 0.3) is 5.91 Å². The van der Waals surface area contributed by atoms with Crippen LogP contribution in [0.4, 0.5) is 0 Å². The summed E-state index contributed by atoms with van der Waals surface area (Å²) in [6.45, 7) is 6.25. The van der Waals surface area contributed by atoms with Crippen molar-refractivity contribution in [3.05, 3.63) is 54.1 Å². The first-order chi connectivity index (χ1) is 12.5. The fourth-order valence-corrected chi connectivity index (χ4v) is 2.37. The van der Waals surface area contributed by atoms with E-state index in [1.54, 1.807) is 31.4 Å². The van der Waals surface area contributed by atoms with Crippen molar-refractivity contribution in [2.24, 2.45) is 0 Å². The second-order valence-corrected chi connectivity index (χ2v) is 6.22. The van der Waals surface area contributed by atoms with E-state index in [1.807, 2.05) is 45.0 Å². The van der Waals surface area contributed by atoms with Crippen LogP contribution in [0.1, 0.15) is 25.8 Å². The molecule has 5 nitrogen and oxygen atoms in total. The molecule has 2 aromatic carbocycles. The Bertz CT molecular complexity index is 682. The van der Waals surface area contributed by atoms with Crippen LogP contribution in [0.15, 0.2) is 48.5 Å². The molecular formula is C21H27NO4. The van der Waals surface area contributed by atoms with Crippen LogP contribution >= 0.6 is 0 Å². The van der Waals surface area contributed by atoms with Crippen LogP contribution in [0.2, 0.25) is 0 Å². The monoisotopic (exact) mass is 357 g/mol. The molecule has 140 valence electrons. The number of carbonyl (C=O) groups is 1. The summed E-state index contributed by atoms with van der Waals surface area (Å²) < 4.78 is 16.6. The highest BCUT2D eigenvalue weighted by molar-refractivity contribution is 5.81. The van der Waals surface area contributed by atoms with Crippen molar-refractivity contribution < 1.29 is 19.0 Å². The molecule has 0 aliphatic carbocycles. The largest absolute Gasteiger partial charge is 0.497 e. The van der Waals surface area contributed by atoms with E-state index in [9.17, 15) is 4.79 Å². The zero-order valence-corrected chi connectivity index (χ0v) is 15.8. The van der Waals surface area contributed by atoms with Crippen molar-refractivity contribution in [2.45, 2.75) is 39.3 Å². The van der Waals surface area contributed by atoms with Crippen molar-refractivity contribution in [3.63, 3.8) is 0 Å². The van der Waals surface area contributed by atoms with Crippen LogP contribution in [0.3, 0.4) is 0 Å². The first kappa shape index (κ1) is 19.6. The summed E-state index contributed by atoms with van der Waals surface area (Å²) >= 11 is 0. The summed E-state index contributed by atoms with van der Waals surface area (Å²) in [5.74, 6) is 2.02. The minimum Gasteiger partial charge on any atom is -0.497 e. The average molecular weight is 357 g/mol. The number of amides is 1. The summed E-state index contributed by atoms with van der Waals surface area (Å²) in [5.41, 5.74) is 1.18. The number of ether oxygens (including phenoxy) is 3. The van der Waals surface area contributed by atoms with Gasteiger partial charge in [0.15, 0.2) is 6.10 Å². The van der Waals surface area contributed by atoms with E-state index >= 15 is 0 Å². The van der Waals surface area contributed by atoms with Gasteiger partial charge in [-0.15, -0.1) is 0 Å². The molecule has 0 bridgehead atoms.